The Kier molecular flexibility index (Phi) is 11.0. The maximum atomic E-state index is 11.7. The molecule has 0 amide bonds. The zero-order valence-electron chi connectivity index (χ0n) is 11.9. The smallest absolute Gasteiger partial charge is 0.547 e. The molecule has 0 radical (unpaired) electrons. The summed E-state index contributed by atoms with van der Waals surface area (Å²) in [7, 11) is 0. The van der Waals surface area contributed by atoms with E-state index < -0.39 is 33.1 Å². The monoisotopic (exact) mass is 516 g/mol. The van der Waals surface area contributed by atoms with Gasteiger partial charge in [0.1, 0.15) is 0 Å². The van der Waals surface area contributed by atoms with Crippen LogP contribution >= 0.6 is 47.8 Å². The average molecular weight is 519 g/mol. The summed E-state index contributed by atoms with van der Waals surface area (Å²) in [4.78, 5) is 39.2. The predicted octanol–water partition coefficient (Wildman–Crippen LogP) is 3.50. The molecule has 0 rings (SSSR count). The normalized spacial score (nSPS) is 12.5. The summed E-state index contributed by atoms with van der Waals surface area (Å²) in [5.41, 5.74) is 0.681. The van der Waals surface area contributed by atoms with E-state index >= 15 is 0 Å². The molecule has 0 aromatic carbocycles. The Balaban J connectivity index is 5.11. The van der Waals surface area contributed by atoms with Crippen molar-refractivity contribution in [2.75, 3.05) is 0 Å². The Hall–Kier alpha value is -0.398. The third-order valence-corrected chi connectivity index (χ3v) is 5.35. The fourth-order valence-electron chi connectivity index (χ4n) is 0.747. The molecule has 0 fully saturated rings. The topological polar surface area (TPSA) is 78.9 Å². The van der Waals surface area contributed by atoms with Gasteiger partial charge in [0.2, 0.25) is 0 Å². The molecule has 0 aliphatic carbocycles. The second-order valence-electron chi connectivity index (χ2n) is 3.88. The largest absolute Gasteiger partial charge is 1.20 e. The van der Waals surface area contributed by atoms with Gasteiger partial charge >= 0.3 is 33.1 Å². The lowest BCUT2D eigenvalue weighted by molar-refractivity contribution is -0.143. The highest BCUT2D eigenvalue weighted by atomic mass is 79.9. The maximum absolute atomic E-state index is 11.7. The molecule has 0 unspecified atom stereocenters. The molecule has 0 N–H and O–H groups in total. The van der Waals surface area contributed by atoms with Crippen molar-refractivity contribution in [3.8, 4) is 0 Å². The summed E-state index contributed by atoms with van der Waals surface area (Å²) in [5, 5.41) is 0. The van der Waals surface area contributed by atoms with Gasteiger partial charge in [-0.15, -0.1) is 0 Å². The fraction of sp³-hybridized carbons (Fsp3) is 0.250. The molecule has 0 aromatic heterocycles. The van der Waals surface area contributed by atoms with Crippen LogP contribution in [0.2, 0.25) is 0 Å². The molecule has 0 aromatic rings. The second-order valence-corrected chi connectivity index (χ2v) is 6.54. The van der Waals surface area contributed by atoms with Crippen LogP contribution in [-0.2, 0) is 25.7 Å². The Morgan fingerprint density at radius 3 is 1.09 bits per heavy atom. The van der Waals surface area contributed by atoms with E-state index in [1.807, 2.05) is 0 Å². The van der Waals surface area contributed by atoms with Crippen LogP contribution in [0.5, 0.6) is 0 Å². The minimum atomic E-state index is -3.35. The van der Waals surface area contributed by atoms with Gasteiger partial charge < -0.3 is 11.4 Å². The van der Waals surface area contributed by atoms with E-state index in [4.69, 9.17) is 11.4 Å². The van der Waals surface area contributed by atoms with E-state index in [1.54, 1.807) is 0 Å². The molecule has 0 heterocycles. The Morgan fingerprint density at radius 1 is 0.682 bits per heavy atom. The maximum Gasteiger partial charge on any atom is 1.20 e. The summed E-state index contributed by atoms with van der Waals surface area (Å²) < 4.78 is 14.9. The van der Waals surface area contributed by atoms with Crippen molar-refractivity contribution in [2.24, 2.45) is 0 Å². The zero-order valence-corrected chi connectivity index (χ0v) is 17.8. The summed E-state index contributed by atoms with van der Waals surface area (Å²) in [6, 6.07) is 0. The molecule has 0 aliphatic heterocycles. The van der Waals surface area contributed by atoms with Crippen LogP contribution in [0.25, 0.3) is 0 Å². The minimum Gasteiger partial charge on any atom is -0.547 e. The lowest BCUT2D eigenvalue weighted by Gasteiger charge is -2.13. The lowest BCUT2D eigenvalue weighted by Crippen LogP contribution is -2.35. The van der Waals surface area contributed by atoms with Crippen molar-refractivity contribution in [1.29, 1.82) is 0 Å². The summed E-state index contributed by atoms with van der Waals surface area (Å²) in [6.07, 6.45) is 0. The Labute approximate surface area is 158 Å². The number of carbonyl (C=O) groups excluding carboxylic acids is 3. The van der Waals surface area contributed by atoms with Gasteiger partial charge in [0.25, 0.3) is 0 Å². The van der Waals surface area contributed by atoms with Crippen molar-refractivity contribution in [1.82, 2.24) is 0 Å². The fourth-order valence-corrected chi connectivity index (χ4v) is 2.53. The van der Waals surface area contributed by atoms with Crippen LogP contribution in [0.1, 0.15) is 20.8 Å². The van der Waals surface area contributed by atoms with Gasteiger partial charge in [0, 0.05) is 16.7 Å². The molecule has 0 bridgehead atoms. The molecule has 0 spiro atoms. The van der Waals surface area contributed by atoms with Crippen LogP contribution in [0.4, 0.5) is 0 Å². The number of hydrogen-bond acceptors (Lipinski definition) is 6. The highest BCUT2D eigenvalue weighted by Gasteiger charge is 2.49. The van der Waals surface area contributed by atoms with Gasteiger partial charge in [-0.2, -0.15) is 0 Å². The summed E-state index contributed by atoms with van der Waals surface area (Å²) >= 11 is 5.60. The number of carbonyl (C=O) groups is 3. The molecule has 6 nitrogen and oxygen atoms in total. The molecular weight excluding hydrogens is 507 g/mol. The standard InChI is InChI=1S/3C4H5BrO2.Al/c3*1-3(2-5)4(6)7;/h3*2H,1H3,(H,6,7);/q;;;+3/p-3/b3*3-2+;. The van der Waals surface area contributed by atoms with Gasteiger partial charge in [-0.3, -0.25) is 14.4 Å². The van der Waals surface area contributed by atoms with Gasteiger partial charge in [-0.25, -0.2) is 0 Å². The lowest BCUT2D eigenvalue weighted by atomic mass is 10.4. The first-order valence-electron chi connectivity index (χ1n) is 5.70. The van der Waals surface area contributed by atoms with Crippen molar-refractivity contribution >= 4 is 80.8 Å². The van der Waals surface area contributed by atoms with E-state index in [0.29, 0.717) is 0 Å². The van der Waals surface area contributed by atoms with Gasteiger partial charge in [-0.05, 0) is 35.7 Å². The minimum absolute atomic E-state index is 0.227. The van der Waals surface area contributed by atoms with E-state index in [9.17, 15) is 14.4 Å². The van der Waals surface area contributed by atoms with Crippen molar-refractivity contribution in [3.63, 3.8) is 0 Å². The van der Waals surface area contributed by atoms with Gasteiger partial charge in [0.15, 0.2) is 0 Å². The molecule has 0 aliphatic rings. The Morgan fingerprint density at radius 2 is 0.909 bits per heavy atom. The first kappa shape index (κ1) is 21.6. The van der Waals surface area contributed by atoms with Crippen LogP contribution in [0, 0.1) is 0 Å². The van der Waals surface area contributed by atoms with Crippen LogP contribution in [0.15, 0.2) is 31.7 Å². The van der Waals surface area contributed by atoms with E-state index in [0.717, 1.165) is 0 Å². The van der Waals surface area contributed by atoms with Crippen molar-refractivity contribution in [2.45, 2.75) is 20.8 Å². The SMILES string of the molecule is C/C(=C\Br)C(=O)[O][Al]([O]C(=O)/C(C)=C/Br)[O]C(=O)/C(C)=C/Br. The molecule has 0 saturated heterocycles. The predicted molar refractivity (Wildman–Crippen MR) is 92.1 cm³/mol. The van der Waals surface area contributed by atoms with Crippen LogP contribution in [0.3, 0.4) is 0 Å². The first-order chi connectivity index (χ1) is 10.3. The summed E-state index contributed by atoms with van der Waals surface area (Å²) in [5.74, 6) is -2.26. The van der Waals surface area contributed by atoms with Crippen LogP contribution in [-0.4, -0.2) is 33.1 Å². The number of hydrogen-bond donors (Lipinski definition) is 0. The van der Waals surface area contributed by atoms with Crippen molar-refractivity contribution < 1.29 is 25.7 Å². The average Bonchev–Trinajstić information content (AvgIpc) is 2.51. The quantitative estimate of drug-likeness (QED) is 0.396. The molecule has 0 atom stereocenters. The molecule has 22 heavy (non-hydrogen) atoms. The molecule has 120 valence electrons. The highest BCUT2D eigenvalue weighted by Crippen LogP contribution is 2.09. The van der Waals surface area contributed by atoms with E-state index in [2.05, 4.69) is 47.8 Å². The highest BCUT2D eigenvalue weighted by molar-refractivity contribution is 9.11. The number of halogens is 3. The third-order valence-electron chi connectivity index (χ3n) is 2.07. The molecule has 0 saturated carbocycles. The molecule has 10 heteroatoms. The van der Waals surface area contributed by atoms with Gasteiger partial charge in [-0.1, -0.05) is 47.8 Å². The number of rotatable bonds is 6. The van der Waals surface area contributed by atoms with Crippen molar-refractivity contribution in [3.05, 3.63) is 31.7 Å². The first-order valence-corrected chi connectivity index (χ1v) is 9.86. The molecular formula is C12H12AlBr3O6. The second kappa shape index (κ2) is 11.2. The Bertz CT molecular complexity index is 465. The van der Waals surface area contributed by atoms with E-state index in [1.165, 1.54) is 35.7 Å². The third kappa shape index (κ3) is 7.74. The zero-order chi connectivity index (χ0) is 17.3. The van der Waals surface area contributed by atoms with Crippen LogP contribution < -0.4 is 0 Å². The van der Waals surface area contributed by atoms with Gasteiger partial charge in [0.05, 0.1) is 0 Å². The van der Waals surface area contributed by atoms with E-state index in [-0.39, 0.29) is 16.7 Å². The summed E-state index contributed by atoms with van der Waals surface area (Å²) in [6.45, 7) is 4.46.